The molecule has 0 saturated carbocycles. The van der Waals surface area contributed by atoms with E-state index in [4.69, 9.17) is 5.21 Å². The van der Waals surface area contributed by atoms with Gasteiger partial charge in [0.05, 0.1) is 12.2 Å². The molecule has 0 aliphatic rings. The van der Waals surface area contributed by atoms with Gasteiger partial charge in [-0.15, -0.1) is 0 Å². The lowest BCUT2D eigenvalue weighted by atomic mass is 10.4. The average Bonchev–Trinajstić information content (AvgIpc) is 2.15. The molecule has 0 fully saturated rings. The van der Waals surface area contributed by atoms with Gasteiger partial charge in [0.15, 0.2) is 0 Å². The molecular weight excluding hydrogens is 130 g/mol. The first-order valence-electron chi connectivity index (χ1n) is 3.07. The minimum atomic E-state index is 0.510. The Morgan fingerprint density at radius 1 is 1.80 bits per heavy atom. The quantitative estimate of drug-likeness (QED) is 0.600. The molecule has 0 saturated heterocycles. The number of hydrogen-bond donors (Lipinski definition) is 1. The predicted molar refractivity (Wildman–Crippen MR) is 36.5 cm³/mol. The highest BCUT2D eigenvalue weighted by atomic mass is 16.5. The molecule has 0 aliphatic heterocycles. The molecule has 0 aromatic carbocycles. The Morgan fingerprint density at radius 2 is 2.50 bits per heavy atom. The molecule has 0 amide bonds. The number of hydroxylamine groups is 2. The van der Waals surface area contributed by atoms with Gasteiger partial charge in [0.2, 0.25) is 0 Å². The number of aryl methyl sites for hydroxylation is 1. The van der Waals surface area contributed by atoms with Crippen LogP contribution in [-0.2, 0) is 13.6 Å². The first-order valence-corrected chi connectivity index (χ1v) is 3.07. The van der Waals surface area contributed by atoms with E-state index in [2.05, 4.69) is 5.10 Å². The van der Waals surface area contributed by atoms with Crippen molar-refractivity contribution in [2.75, 3.05) is 7.05 Å². The lowest BCUT2D eigenvalue weighted by molar-refractivity contribution is -0.0748. The van der Waals surface area contributed by atoms with Crippen LogP contribution in [0.1, 0.15) is 5.69 Å². The van der Waals surface area contributed by atoms with Crippen molar-refractivity contribution >= 4 is 0 Å². The molecule has 1 rings (SSSR count). The third kappa shape index (κ3) is 1.55. The van der Waals surface area contributed by atoms with E-state index in [1.807, 2.05) is 13.1 Å². The van der Waals surface area contributed by atoms with Crippen molar-refractivity contribution in [3.63, 3.8) is 0 Å². The molecule has 4 heteroatoms. The van der Waals surface area contributed by atoms with Gasteiger partial charge in [0, 0.05) is 20.3 Å². The third-order valence-corrected chi connectivity index (χ3v) is 1.31. The lowest BCUT2D eigenvalue weighted by Crippen LogP contribution is -2.14. The highest BCUT2D eigenvalue weighted by Gasteiger charge is 1.98. The number of rotatable bonds is 2. The Balaban J connectivity index is 2.65. The molecule has 1 N–H and O–H groups in total. The normalized spacial score (nSPS) is 10.8. The Morgan fingerprint density at radius 3 is 2.90 bits per heavy atom. The average molecular weight is 141 g/mol. The van der Waals surface area contributed by atoms with Gasteiger partial charge in [-0.3, -0.25) is 4.68 Å². The van der Waals surface area contributed by atoms with Crippen LogP contribution >= 0.6 is 0 Å². The van der Waals surface area contributed by atoms with Crippen molar-refractivity contribution in [3.8, 4) is 0 Å². The Bertz CT molecular complexity index is 207. The Kier molecular flexibility index (Phi) is 2.03. The maximum atomic E-state index is 8.84. The first-order chi connectivity index (χ1) is 4.70. The minimum Gasteiger partial charge on any atom is -0.314 e. The molecule has 56 valence electrons. The zero-order valence-corrected chi connectivity index (χ0v) is 6.15. The summed E-state index contributed by atoms with van der Waals surface area (Å²) < 4.78 is 1.73. The lowest BCUT2D eigenvalue weighted by Gasteiger charge is -2.06. The first kappa shape index (κ1) is 7.24. The molecule has 1 aromatic rings. The third-order valence-electron chi connectivity index (χ3n) is 1.31. The largest absolute Gasteiger partial charge is 0.314 e. The standard InChI is InChI=1S/C6H11N3O/c1-8(10)5-6-3-4-7-9(6)2/h3-4,10H,5H2,1-2H3. The second kappa shape index (κ2) is 2.81. The molecule has 0 aliphatic carbocycles. The molecule has 0 atom stereocenters. The molecule has 10 heavy (non-hydrogen) atoms. The summed E-state index contributed by atoms with van der Waals surface area (Å²) in [5.41, 5.74) is 0.991. The summed E-state index contributed by atoms with van der Waals surface area (Å²) in [6.45, 7) is 0.510. The van der Waals surface area contributed by atoms with E-state index in [0.717, 1.165) is 10.8 Å². The summed E-state index contributed by atoms with van der Waals surface area (Å²) in [7, 11) is 3.45. The fourth-order valence-corrected chi connectivity index (χ4v) is 0.791. The number of aromatic nitrogens is 2. The maximum Gasteiger partial charge on any atom is 0.0655 e. The zero-order chi connectivity index (χ0) is 7.56. The van der Waals surface area contributed by atoms with E-state index in [1.165, 1.54) is 0 Å². The van der Waals surface area contributed by atoms with Crippen LogP contribution in [0, 0.1) is 0 Å². The summed E-state index contributed by atoms with van der Waals surface area (Å²) in [4.78, 5) is 0. The van der Waals surface area contributed by atoms with Crippen LogP contribution in [0.2, 0.25) is 0 Å². The van der Waals surface area contributed by atoms with Crippen LogP contribution < -0.4 is 0 Å². The van der Waals surface area contributed by atoms with Crippen molar-refractivity contribution in [3.05, 3.63) is 18.0 Å². The van der Waals surface area contributed by atoms with Crippen LogP contribution in [0.15, 0.2) is 12.3 Å². The topological polar surface area (TPSA) is 41.3 Å². The molecule has 4 nitrogen and oxygen atoms in total. The predicted octanol–water partition coefficient (Wildman–Crippen LogP) is 0.241. The molecule has 1 aromatic heterocycles. The Labute approximate surface area is 59.6 Å². The summed E-state index contributed by atoms with van der Waals surface area (Å²) in [6.07, 6.45) is 1.71. The molecule has 1 heterocycles. The van der Waals surface area contributed by atoms with Gasteiger partial charge in [0.1, 0.15) is 0 Å². The molecule has 0 spiro atoms. The van der Waals surface area contributed by atoms with E-state index >= 15 is 0 Å². The van der Waals surface area contributed by atoms with Gasteiger partial charge in [-0.05, 0) is 6.07 Å². The van der Waals surface area contributed by atoms with Gasteiger partial charge < -0.3 is 5.21 Å². The second-order valence-corrected chi connectivity index (χ2v) is 2.26. The van der Waals surface area contributed by atoms with Gasteiger partial charge in [-0.2, -0.15) is 10.2 Å². The van der Waals surface area contributed by atoms with Crippen LogP contribution in [0.3, 0.4) is 0 Å². The van der Waals surface area contributed by atoms with Gasteiger partial charge in [-0.1, -0.05) is 0 Å². The highest BCUT2D eigenvalue weighted by Crippen LogP contribution is 1.97. The summed E-state index contributed by atoms with van der Waals surface area (Å²) in [6, 6.07) is 1.87. The van der Waals surface area contributed by atoms with Crippen LogP contribution in [-0.4, -0.2) is 27.1 Å². The van der Waals surface area contributed by atoms with Crippen molar-refractivity contribution in [2.45, 2.75) is 6.54 Å². The molecule has 0 radical (unpaired) electrons. The smallest absolute Gasteiger partial charge is 0.0655 e. The van der Waals surface area contributed by atoms with E-state index in [1.54, 1.807) is 17.9 Å². The van der Waals surface area contributed by atoms with Crippen molar-refractivity contribution in [1.29, 1.82) is 0 Å². The number of hydrogen-bond acceptors (Lipinski definition) is 3. The van der Waals surface area contributed by atoms with Crippen LogP contribution in [0.25, 0.3) is 0 Å². The maximum absolute atomic E-state index is 8.84. The summed E-state index contributed by atoms with van der Waals surface area (Å²) in [5.74, 6) is 0. The fraction of sp³-hybridized carbons (Fsp3) is 0.500. The van der Waals surface area contributed by atoms with Crippen LogP contribution in [0.5, 0.6) is 0 Å². The second-order valence-electron chi connectivity index (χ2n) is 2.26. The van der Waals surface area contributed by atoms with E-state index in [9.17, 15) is 0 Å². The Hall–Kier alpha value is -0.870. The van der Waals surface area contributed by atoms with Gasteiger partial charge >= 0.3 is 0 Å². The SMILES string of the molecule is CN(O)Cc1ccnn1C. The minimum absolute atomic E-state index is 0.510. The van der Waals surface area contributed by atoms with Crippen molar-refractivity contribution in [1.82, 2.24) is 14.8 Å². The van der Waals surface area contributed by atoms with Crippen molar-refractivity contribution < 1.29 is 5.21 Å². The van der Waals surface area contributed by atoms with E-state index in [0.29, 0.717) is 6.54 Å². The summed E-state index contributed by atoms with van der Waals surface area (Å²) in [5, 5.41) is 13.9. The van der Waals surface area contributed by atoms with Crippen molar-refractivity contribution in [2.24, 2.45) is 7.05 Å². The van der Waals surface area contributed by atoms with Crippen LogP contribution in [0.4, 0.5) is 0 Å². The van der Waals surface area contributed by atoms with Gasteiger partial charge in [-0.25, -0.2) is 0 Å². The summed E-state index contributed by atoms with van der Waals surface area (Å²) >= 11 is 0. The monoisotopic (exact) mass is 141 g/mol. The molecule has 0 bridgehead atoms. The molecular formula is C6H11N3O. The fourth-order valence-electron chi connectivity index (χ4n) is 0.791. The van der Waals surface area contributed by atoms with E-state index in [-0.39, 0.29) is 0 Å². The number of nitrogens with zero attached hydrogens (tertiary/aromatic N) is 3. The van der Waals surface area contributed by atoms with Gasteiger partial charge in [0.25, 0.3) is 0 Å². The molecule has 0 unspecified atom stereocenters. The van der Waals surface area contributed by atoms with E-state index < -0.39 is 0 Å². The zero-order valence-electron chi connectivity index (χ0n) is 6.15. The highest BCUT2D eigenvalue weighted by molar-refractivity contribution is 4.98.